The highest BCUT2D eigenvalue weighted by molar-refractivity contribution is 5.80. The summed E-state index contributed by atoms with van der Waals surface area (Å²) in [6, 6.07) is 13.7. The van der Waals surface area contributed by atoms with Crippen LogP contribution in [0.15, 0.2) is 42.5 Å². The molecule has 3 aromatic rings. The topological polar surface area (TPSA) is 80.1 Å². The minimum absolute atomic E-state index is 0.0286. The Morgan fingerprint density at radius 1 is 1.28 bits per heavy atom. The lowest BCUT2D eigenvalue weighted by Gasteiger charge is -2.37. The third-order valence-electron chi connectivity index (χ3n) is 5.32. The SMILES string of the molecule is COc1ccc2nc(N3CCC(F)(F)C(N)C3)n(Cc3ccc(C#N)cc3)c2c1. The van der Waals surface area contributed by atoms with Crippen LogP contribution in [0.25, 0.3) is 11.0 Å². The summed E-state index contributed by atoms with van der Waals surface area (Å²) in [6.45, 7) is 0.683. The van der Waals surface area contributed by atoms with E-state index in [0.29, 0.717) is 23.8 Å². The molecule has 0 saturated carbocycles. The van der Waals surface area contributed by atoms with E-state index in [4.69, 9.17) is 20.7 Å². The highest BCUT2D eigenvalue weighted by atomic mass is 19.3. The fraction of sp³-hybridized carbons (Fsp3) is 0.333. The molecule has 1 saturated heterocycles. The summed E-state index contributed by atoms with van der Waals surface area (Å²) in [5.41, 5.74) is 8.88. The average molecular weight is 397 g/mol. The quantitative estimate of drug-likeness (QED) is 0.732. The molecule has 1 unspecified atom stereocenters. The second-order valence-corrected chi connectivity index (χ2v) is 7.22. The van der Waals surface area contributed by atoms with Crippen LogP contribution in [0.5, 0.6) is 5.75 Å². The number of benzene rings is 2. The van der Waals surface area contributed by atoms with Gasteiger partial charge in [0.1, 0.15) is 5.75 Å². The van der Waals surface area contributed by atoms with Crippen molar-refractivity contribution >= 4 is 17.0 Å². The van der Waals surface area contributed by atoms with Crippen molar-refractivity contribution in [2.75, 3.05) is 25.1 Å². The van der Waals surface area contributed by atoms with Crippen molar-refractivity contribution in [2.45, 2.75) is 24.9 Å². The van der Waals surface area contributed by atoms with Crippen LogP contribution >= 0.6 is 0 Å². The Labute approximate surface area is 167 Å². The Morgan fingerprint density at radius 3 is 2.69 bits per heavy atom. The third kappa shape index (κ3) is 3.61. The zero-order valence-corrected chi connectivity index (χ0v) is 16.0. The molecule has 2 heterocycles. The Hall–Kier alpha value is -3.18. The van der Waals surface area contributed by atoms with Gasteiger partial charge in [-0.2, -0.15) is 5.26 Å². The summed E-state index contributed by atoms with van der Waals surface area (Å²) < 4.78 is 35.1. The summed E-state index contributed by atoms with van der Waals surface area (Å²) in [7, 11) is 1.59. The molecule has 0 radical (unpaired) electrons. The van der Waals surface area contributed by atoms with Crippen molar-refractivity contribution in [3.63, 3.8) is 0 Å². The fourth-order valence-electron chi connectivity index (χ4n) is 3.59. The number of hydrogen-bond acceptors (Lipinski definition) is 5. The largest absolute Gasteiger partial charge is 0.497 e. The lowest BCUT2D eigenvalue weighted by atomic mass is 10.0. The number of ether oxygens (including phenoxy) is 1. The molecule has 0 amide bonds. The molecule has 1 aliphatic heterocycles. The molecule has 1 fully saturated rings. The Balaban J connectivity index is 1.76. The monoisotopic (exact) mass is 397 g/mol. The molecular weight excluding hydrogens is 376 g/mol. The van der Waals surface area contributed by atoms with E-state index in [9.17, 15) is 8.78 Å². The number of fused-ring (bicyclic) bond motifs is 1. The first kappa shape index (κ1) is 19.2. The Bertz CT molecular complexity index is 1070. The number of nitriles is 1. The number of anilines is 1. The summed E-state index contributed by atoms with van der Waals surface area (Å²) in [5.74, 6) is -1.58. The second-order valence-electron chi connectivity index (χ2n) is 7.22. The zero-order valence-electron chi connectivity index (χ0n) is 16.0. The van der Waals surface area contributed by atoms with Crippen LogP contribution in [0.2, 0.25) is 0 Å². The van der Waals surface area contributed by atoms with E-state index in [0.717, 1.165) is 16.6 Å². The van der Waals surface area contributed by atoms with Gasteiger partial charge in [-0.05, 0) is 29.8 Å². The number of hydrogen-bond donors (Lipinski definition) is 1. The molecule has 6 nitrogen and oxygen atoms in total. The first-order valence-corrected chi connectivity index (χ1v) is 9.33. The van der Waals surface area contributed by atoms with Gasteiger partial charge >= 0.3 is 0 Å². The summed E-state index contributed by atoms with van der Waals surface area (Å²) >= 11 is 0. The smallest absolute Gasteiger partial charge is 0.266 e. The van der Waals surface area contributed by atoms with Gasteiger partial charge in [0.2, 0.25) is 5.95 Å². The molecule has 2 N–H and O–H groups in total. The summed E-state index contributed by atoms with van der Waals surface area (Å²) in [5, 5.41) is 9.01. The molecule has 0 spiro atoms. The van der Waals surface area contributed by atoms with Crippen molar-refractivity contribution in [1.29, 1.82) is 5.26 Å². The van der Waals surface area contributed by atoms with Crippen LogP contribution in [-0.2, 0) is 6.54 Å². The van der Waals surface area contributed by atoms with Crippen LogP contribution in [0, 0.1) is 11.3 Å². The van der Waals surface area contributed by atoms with E-state index in [-0.39, 0.29) is 19.5 Å². The van der Waals surface area contributed by atoms with Crippen LogP contribution in [0.3, 0.4) is 0 Å². The number of nitrogens with zero attached hydrogens (tertiary/aromatic N) is 4. The predicted molar refractivity (Wildman–Crippen MR) is 106 cm³/mol. The number of nitrogens with two attached hydrogens (primary N) is 1. The van der Waals surface area contributed by atoms with Gasteiger partial charge in [-0.3, -0.25) is 0 Å². The first-order valence-electron chi connectivity index (χ1n) is 9.33. The van der Waals surface area contributed by atoms with Gasteiger partial charge < -0.3 is 19.9 Å². The van der Waals surface area contributed by atoms with Gasteiger partial charge in [-0.25, -0.2) is 13.8 Å². The molecule has 2 aromatic carbocycles. The van der Waals surface area contributed by atoms with Crippen LogP contribution < -0.4 is 15.4 Å². The highest BCUT2D eigenvalue weighted by Gasteiger charge is 2.42. The van der Waals surface area contributed by atoms with Crippen molar-refractivity contribution in [3.8, 4) is 11.8 Å². The fourth-order valence-corrected chi connectivity index (χ4v) is 3.59. The van der Waals surface area contributed by atoms with Crippen molar-refractivity contribution in [1.82, 2.24) is 9.55 Å². The van der Waals surface area contributed by atoms with E-state index < -0.39 is 12.0 Å². The third-order valence-corrected chi connectivity index (χ3v) is 5.32. The highest BCUT2D eigenvalue weighted by Crippen LogP contribution is 2.32. The van der Waals surface area contributed by atoms with Crippen LogP contribution in [0.4, 0.5) is 14.7 Å². The molecular formula is C21H21F2N5O. The molecule has 1 atom stereocenters. The molecule has 1 aliphatic rings. The van der Waals surface area contributed by atoms with Crippen LogP contribution in [-0.4, -0.2) is 41.7 Å². The van der Waals surface area contributed by atoms with Gasteiger partial charge in [0.05, 0.1) is 42.4 Å². The molecule has 29 heavy (non-hydrogen) atoms. The lowest BCUT2D eigenvalue weighted by Crippen LogP contribution is -2.55. The van der Waals surface area contributed by atoms with E-state index in [1.165, 1.54) is 0 Å². The maximum atomic E-state index is 13.9. The minimum Gasteiger partial charge on any atom is -0.497 e. The van der Waals surface area contributed by atoms with Gasteiger partial charge in [0, 0.05) is 25.6 Å². The Kier molecular flexibility index (Phi) is 4.84. The summed E-state index contributed by atoms with van der Waals surface area (Å²) in [6.07, 6.45) is -0.308. The normalized spacial score (nSPS) is 18.6. The van der Waals surface area contributed by atoms with Gasteiger partial charge in [-0.15, -0.1) is 0 Å². The molecule has 1 aromatic heterocycles. The van der Waals surface area contributed by atoms with Gasteiger partial charge in [0.15, 0.2) is 0 Å². The molecule has 0 aliphatic carbocycles. The van der Waals surface area contributed by atoms with E-state index in [1.807, 2.05) is 39.8 Å². The molecule has 8 heteroatoms. The number of imidazole rings is 1. The second kappa shape index (κ2) is 7.33. The molecule has 150 valence electrons. The molecule has 4 rings (SSSR count). The van der Waals surface area contributed by atoms with Crippen molar-refractivity contribution in [2.24, 2.45) is 5.73 Å². The average Bonchev–Trinajstić information content (AvgIpc) is 3.08. The maximum absolute atomic E-state index is 13.9. The number of piperidine rings is 1. The molecule has 0 bridgehead atoms. The van der Waals surface area contributed by atoms with Crippen molar-refractivity contribution < 1.29 is 13.5 Å². The van der Waals surface area contributed by atoms with E-state index in [1.54, 1.807) is 19.2 Å². The summed E-state index contributed by atoms with van der Waals surface area (Å²) in [4.78, 5) is 6.52. The number of halogens is 2. The number of aromatic nitrogens is 2. The Morgan fingerprint density at radius 2 is 2.03 bits per heavy atom. The maximum Gasteiger partial charge on any atom is 0.266 e. The number of alkyl halides is 2. The lowest BCUT2D eigenvalue weighted by molar-refractivity contribution is -0.0395. The zero-order chi connectivity index (χ0) is 20.6. The van der Waals surface area contributed by atoms with E-state index >= 15 is 0 Å². The van der Waals surface area contributed by atoms with E-state index in [2.05, 4.69) is 6.07 Å². The van der Waals surface area contributed by atoms with Gasteiger partial charge in [-0.1, -0.05) is 12.1 Å². The first-order chi connectivity index (χ1) is 13.9. The van der Waals surface area contributed by atoms with Crippen LogP contribution in [0.1, 0.15) is 17.5 Å². The number of rotatable bonds is 4. The predicted octanol–water partition coefficient (Wildman–Crippen LogP) is 3.14. The standard InChI is InChI=1S/C21H21F2N5O/c1-29-16-6-7-17-18(10-16)28(12-15-4-2-14(11-24)3-5-15)20(26-17)27-9-8-21(22,23)19(25)13-27/h2-7,10,19H,8-9,12-13,25H2,1H3. The number of methoxy groups -OCH3 is 1. The van der Waals surface area contributed by atoms with Gasteiger partial charge in [0.25, 0.3) is 5.92 Å². The van der Waals surface area contributed by atoms with Crippen molar-refractivity contribution in [3.05, 3.63) is 53.6 Å². The minimum atomic E-state index is -2.87.